The van der Waals surface area contributed by atoms with E-state index in [1.54, 1.807) is 0 Å². The van der Waals surface area contributed by atoms with Gasteiger partial charge in [0.15, 0.2) is 0 Å². The lowest BCUT2D eigenvalue weighted by Crippen LogP contribution is -2.41. The monoisotopic (exact) mass is 254 g/mol. The SMILES string of the molecule is CN1CCCN(c2cccc(Cl)c2)CC1CO. The van der Waals surface area contributed by atoms with Gasteiger partial charge >= 0.3 is 0 Å². The van der Waals surface area contributed by atoms with Crippen molar-refractivity contribution in [1.82, 2.24) is 4.90 Å². The number of rotatable bonds is 2. The fraction of sp³-hybridized carbons (Fsp3) is 0.538. The van der Waals surface area contributed by atoms with Crippen LogP contribution in [0.2, 0.25) is 5.02 Å². The van der Waals surface area contributed by atoms with E-state index in [1.165, 1.54) is 0 Å². The number of hydrogen-bond donors (Lipinski definition) is 1. The molecule has 17 heavy (non-hydrogen) atoms. The minimum atomic E-state index is 0.202. The highest BCUT2D eigenvalue weighted by Gasteiger charge is 2.21. The molecule has 0 amide bonds. The van der Waals surface area contributed by atoms with Crippen LogP contribution in [0, 0.1) is 0 Å². The Kier molecular flexibility index (Phi) is 4.26. The first kappa shape index (κ1) is 12.7. The molecule has 1 aromatic carbocycles. The number of benzene rings is 1. The second-order valence-electron chi connectivity index (χ2n) is 4.60. The number of likely N-dealkylation sites (N-methyl/N-ethyl adjacent to an activating group) is 1. The van der Waals surface area contributed by atoms with E-state index in [2.05, 4.69) is 22.9 Å². The highest BCUT2D eigenvalue weighted by atomic mass is 35.5. The number of aliphatic hydroxyl groups excluding tert-OH is 1. The molecule has 0 spiro atoms. The van der Waals surface area contributed by atoms with Gasteiger partial charge in [0.1, 0.15) is 0 Å². The largest absolute Gasteiger partial charge is 0.395 e. The highest BCUT2D eigenvalue weighted by Crippen LogP contribution is 2.21. The van der Waals surface area contributed by atoms with E-state index < -0.39 is 0 Å². The topological polar surface area (TPSA) is 26.7 Å². The molecular formula is C13H19ClN2O. The molecule has 1 heterocycles. The Morgan fingerprint density at radius 2 is 2.24 bits per heavy atom. The number of anilines is 1. The third kappa shape index (κ3) is 3.12. The van der Waals surface area contributed by atoms with Gasteiger partial charge in [0.2, 0.25) is 0 Å². The van der Waals surface area contributed by atoms with Crippen molar-refractivity contribution in [2.45, 2.75) is 12.5 Å². The summed E-state index contributed by atoms with van der Waals surface area (Å²) < 4.78 is 0. The van der Waals surface area contributed by atoms with E-state index in [9.17, 15) is 5.11 Å². The average Bonchev–Trinajstić information content (AvgIpc) is 2.51. The Balaban J connectivity index is 2.15. The standard InChI is InChI=1S/C13H19ClN2O/c1-15-6-3-7-16(9-13(15)10-17)12-5-2-4-11(14)8-12/h2,4-5,8,13,17H,3,6-7,9-10H2,1H3. The smallest absolute Gasteiger partial charge is 0.0603 e. The fourth-order valence-electron chi connectivity index (χ4n) is 2.28. The second kappa shape index (κ2) is 5.71. The number of aliphatic hydroxyl groups is 1. The molecule has 0 bridgehead atoms. The van der Waals surface area contributed by atoms with E-state index in [1.807, 2.05) is 18.2 Å². The maximum absolute atomic E-state index is 9.41. The molecule has 1 aliphatic heterocycles. The molecule has 4 heteroatoms. The van der Waals surface area contributed by atoms with E-state index in [0.29, 0.717) is 0 Å². The normalized spacial score (nSPS) is 22.5. The maximum Gasteiger partial charge on any atom is 0.0603 e. The van der Waals surface area contributed by atoms with Crippen LogP contribution in [0.5, 0.6) is 0 Å². The van der Waals surface area contributed by atoms with Gasteiger partial charge in [-0.3, -0.25) is 4.90 Å². The van der Waals surface area contributed by atoms with Crippen molar-refractivity contribution in [1.29, 1.82) is 0 Å². The first-order chi connectivity index (χ1) is 8.20. The first-order valence-electron chi connectivity index (χ1n) is 6.02. The molecule has 1 fully saturated rings. The molecule has 1 unspecified atom stereocenters. The maximum atomic E-state index is 9.41. The summed E-state index contributed by atoms with van der Waals surface area (Å²) in [6.45, 7) is 3.10. The molecule has 0 saturated carbocycles. The van der Waals surface area contributed by atoms with Crippen LogP contribution in [0.3, 0.4) is 0 Å². The number of hydrogen-bond acceptors (Lipinski definition) is 3. The van der Waals surface area contributed by atoms with Crippen LogP contribution in [0.15, 0.2) is 24.3 Å². The zero-order chi connectivity index (χ0) is 12.3. The highest BCUT2D eigenvalue weighted by molar-refractivity contribution is 6.30. The summed E-state index contributed by atoms with van der Waals surface area (Å²) in [6.07, 6.45) is 1.11. The van der Waals surface area contributed by atoms with E-state index in [4.69, 9.17) is 11.6 Å². The summed E-state index contributed by atoms with van der Waals surface area (Å²) >= 11 is 6.02. The average molecular weight is 255 g/mol. The summed E-state index contributed by atoms with van der Waals surface area (Å²) in [6, 6.07) is 8.13. The molecular weight excluding hydrogens is 236 g/mol. The number of halogens is 1. The molecule has 1 atom stereocenters. The van der Waals surface area contributed by atoms with Crippen LogP contribution in [-0.2, 0) is 0 Å². The van der Waals surface area contributed by atoms with E-state index in [-0.39, 0.29) is 12.6 Å². The summed E-state index contributed by atoms with van der Waals surface area (Å²) in [5, 5.41) is 10.2. The lowest BCUT2D eigenvalue weighted by Gasteiger charge is -2.28. The molecule has 3 nitrogen and oxygen atoms in total. The summed E-state index contributed by atoms with van der Waals surface area (Å²) in [7, 11) is 2.07. The Bertz CT molecular complexity index is 372. The van der Waals surface area contributed by atoms with Crippen molar-refractivity contribution in [3.05, 3.63) is 29.3 Å². The van der Waals surface area contributed by atoms with Crippen molar-refractivity contribution in [2.24, 2.45) is 0 Å². The van der Waals surface area contributed by atoms with Gasteiger partial charge in [-0.1, -0.05) is 17.7 Å². The summed E-state index contributed by atoms with van der Waals surface area (Å²) in [5.41, 5.74) is 1.14. The van der Waals surface area contributed by atoms with Gasteiger partial charge < -0.3 is 10.0 Å². The lowest BCUT2D eigenvalue weighted by molar-refractivity contribution is 0.159. The second-order valence-corrected chi connectivity index (χ2v) is 5.03. The van der Waals surface area contributed by atoms with Crippen molar-refractivity contribution in [2.75, 3.05) is 38.2 Å². The Hall–Kier alpha value is -0.770. The quantitative estimate of drug-likeness (QED) is 0.873. The third-order valence-corrected chi connectivity index (χ3v) is 3.61. The van der Waals surface area contributed by atoms with Crippen molar-refractivity contribution in [3.63, 3.8) is 0 Å². The Morgan fingerprint density at radius 1 is 1.41 bits per heavy atom. The minimum absolute atomic E-state index is 0.202. The van der Waals surface area contributed by atoms with Gasteiger partial charge in [0, 0.05) is 29.8 Å². The van der Waals surface area contributed by atoms with Crippen LogP contribution in [0.4, 0.5) is 5.69 Å². The first-order valence-corrected chi connectivity index (χ1v) is 6.40. The predicted octanol–water partition coefficient (Wildman–Crippen LogP) is 1.84. The molecule has 0 aliphatic carbocycles. The minimum Gasteiger partial charge on any atom is -0.395 e. The number of nitrogens with zero attached hydrogens (tertiary/aromatic N) is 2. The summed E-state index contributed by atoms with van der Waals surface area (Å²) in [4.78, 5) is 4.53. The molecule has 1 aromatic rings. The van der Waals surface area contributed by atoms with Crippen LogP contribution >= 0.6 is 11.6 Å². The van der Waals surface area contributed by atoms with Gasteiger partial charge in [-0.15, -0.1) is 0 Å². The zero-order valence-corrected chi connectivity index (χ0v) is 10.9. The van der Waals surface area contributed by atoms with Crippen molar-refractivity contribution in [3.8, 4) is 0 Å². The molecule has 2 rings (SSSR count). The summed E-state index contributed by atoms with van der Waals surface area (Å²) in [5.74, 6) is 0. The van der Waals surface area contributed by atoms with E-state index >= 15 is 0 Å². The van der Waals surface area contributed by atoms with Gasteiger partial charge in [-0.25, -0.2) is 0 Å². The van der Waals surface area contributed by atoms with Crippen LogP contribution < -0.4 is 4.90 Å². The molecule has 1 saturated heterocycles. The Morgan fingerprint density at radius 3 is 2.94 bits per heavy atom. The van der Waals surface area contributed by atoms with Gasteiger partial charge in [0.05, 0.1) is 6.61 Å². The van der Waals surface area contributed by atoms with Crippen LogP contribution in [0.1, 0.15) is 6.42 Å². The van der Waals surface area contributed by atoms with E-state index in [0.717, 1.165) is 36.8 Å². The molecule has 0 aromatic heterocycles. The molecule has 0 radical (unpaired) electrons. The molecule has 94 valence electrons. The van der Waals surface area contributed by atoms with Crippen LogP contribution in [-0.4, -0.2) is 49.3 Å². The molecule has 1 aliphatic rings. The van der Waals surface area contributed by atoms with Gasteiger partial charge in [0.25, 0.3) is 0 Å². The van der Waals surface area contributed by atoms with Crippen molar-refractivity contribution < 1.29 is 5.11 Å². The van der Waals surface area contributed by atoms with Crippen molar-refractivity contribution >= 4 is 17.3 Å². The third-order valence-electron chi connectivity index (χ3n) is 3.38. The zero-order valence-electron chi connectivity index (χ0n) is 10.1. The Labute approximate surface area is 108 Å². The molecule has 1 N–H and O–H groups in total. The van der Waals surface area contributed by atoms with Crippen LogP contribution in [0.25, 0.3) is 0 Å². The van der Waals surface area contributed by atoms with Gasteiger partial charge in [-0.2, -0.15) is 0 Å². The fourth-order valence-corrected chi connectivity index (χ4v) is 2.47. The lowest BCUT2D eigenvalue weighted by atomic mass is 10.2. The predicted molar refractivity (Wildman–Crippen MR) is 71.8 cm³/mol. The van der Waals surface area contributed by atoms with Gasteiger partial charge in [-0.05, 0) is 38.2 Å².